The number of unbranched alkanes of at least 4 members (excludes halogenated alkanes) is 2. The Kier molecular flexibility index (Phi) is 9.40. The first-order chi connectivity index (χ1) is 17.4. The lowest BCUT2D eigenvalue weighted by atomic mass is 10.1. The molecule has 1 amide bonds. The molecule has 0 aliphatic rings. The Morgan fingerprint density at radius 1 is 1.19 bits per heavy atom. The molecule has 0 saturated heterocycles. The monoisotopic (exact) mass is 494 g/mol. The van der Waals surface area contributed by atoms with E-state index in [1.165, 1.54) is 4.57 Å². The highest BCUT2D eigenvalue weighted by molar-refractivity contribution is 5.96. The summed E-state index contributed by atoms with van der Waals surface area (Å²) in [7, 11) is 0. The van der Waals surface area contributed by atoms with E-state index in [1.807, 2.05) is 0 Å². The second-order valence-corrected chi connectivity index (χ2v) is 8.26. The molecule has 0 aliphatic carbocycles. The van der Waals surface area contributed by atoms with Gasteiger partial charge in [0.2, 0.25) is 5.95 Å². The number of nitrogens with two attached hydrogens (primary N) is 1. The number of amides is 1. The number of carbonyl (C=O) groups excluding carboxylic acids is 2. The first-order valence-corrected chi connectivity index (χ1v) is 11.8. The van der Waals surface area contributed by atoms with E-state index in [4.69, 9.17) is 11.3 Å². The van der Waals surface area contributed by atoms with Gasteiger partial charge in [0.15, 0.2) is 17.2 Å². The lowest BCUT2D eigenvalue weighted by Gasteiger charge is -2.08. The summed E-state index contributed by atoms with van der Waals surface area (Å²) < 4.78 is 1.47. The van der Waals surface area contributed by atoms with E-state index in [1.54, 1.807) is 24.3 Å². The highest BCUT2D eigenvalue weighted by atomic mass is 16.2. The minimum absolute atomic E-state index is 0.0669. The smallest absolute Gasteiger partial charge is 0.328 e. The average molecular weight is 495 g/mol. The molecule has 0 saturated carbocycles. The van der Waals surface area contributed by atoms with Crippen molar-refractivity contribution in [3.8, 4) is 0 Å². The number of nitrogens with zero attached hydrogens (tertiary/aromatic N) is 6. The molecule has 0 atom stereocenters. The van der Waals surface area contributed by atoms with Gasteiger partial charge in [-0.05, 0) is 42.5 Å². The van der Waals surface area contributed by atoms with E-state index >= 15 is 0 Å². The van der Waals surface area contributed by atoms with Crippen molar-refractivity contribution >= 4 is 34.6 Å². The fourth-order valence-electron chi connectivity index (χ4n) is 3.52. The van der Waals surface area contributed by atoms with Crippen LogP contribution in [0.25, 0.3) is 21.6 Å². The van der Waals surface area contributed by atoms with Crippen molar-refractivity contribution in [3.63, 3.8) is 0 Å². The van der Waals surface area contributed by atoms with Crippen LogP contribution in [0.3, 0.4) is 0 Å². The van der Waals surface area contributed by atoms with Gasteiger partial charge in [0, 0.05) is 30.0 Å². The molecular weight excluding hydrogens is 464 g/mol. The summed E-state index contributed by atoms with van der Waals surface area (Å²) in [5.41, 5.74) is 15.8. The maximum absolute atomic E-state index is 12.6. The Bertz CT molecular complexity index is 1310. The minimum Gasteiger partial charge on any atom is -0.382 e. The molecule has 0 unspecified atom stereocenters. The summed E-state index contributed by atoms with van der Waals surface area (Å²) in [6.07, 6.45) is 3.50. The Morgan fingerprint density at radius 3 is 2.69 bits per heavy atom. The number of ketones is 1. The van der Waals surface area contributed by atoms with E-state index in [0.717, 1.165) is 18.4 Å². The number of aromatic amines is 1. The summed E-state index contributed by atoms with van der Waals surface area (Å²) in [5, 5.41) is 9.15. The first kappa shape index (κ1) is 26.2. The highest BCUT2D eigenvalue weighted by Crippen LogP contribution is 2.17. The number of fused-ring (bicyclic) bond motifs is 1. The minimum atomic E-state index is -0.364. The molecule has 190 valence electrons. The van der Waals surface area contributed by atoms with Crippen LogP contribution in [-0.4, -0.2) is 50.8 Å². The molecule has 3 aromatic rings. The molecule has 36 heavy (non-hydrogen) atoms. The summed E-state index contributed by atoms with van der Waals surface area (Å²) in [5.74, 6) is 0.0894. The second kappa shape index (κ2) is 12.9. The molecule has 13 heteroatoms. The number of H-pyrrole nitrogens is 1. The number of aromatic nitrogens is 4. The van der Waals surface area contributed by atoms with Crippen LogP contribution >= 0.6 is 0 Å². The molecule has 0 spiro atoms. The largest absolute Gasteiger partial charge is 0.382 e. The number of nitrogen functional groups attached to an aromatic ring is 1. The van der Waals surface area contributed by atoms with Crippen molar-refractivity contribution in [3.05, 3.63) is 56.3 Å². The van der Waals surface area contributed by atoms with Crippen molar-refractivity contribution in [2.24, 2.45) is 5.11 Å². The number of Topliss-reactive ketones (excluding diaryl/α,β-unsaturated/α-hetero) is 1. The average Bonchev–Trinajstić information content (AvgIpc) is 3.18. The van der Waals surface area contributed by atoms with E-state index in [0.29, 0.717) is 55.0 Å². The third-order valence-corrected chi connectivity index (χ3v) is 5.49. The molecule has 1 aromatic carbocycles. The van der Waals surface area contributed by atoms with Gasteiger partial charge in [-0.2, -0.15) is 9.97 Å². The SMILES string of the molecule is CCCCNc1nc(N)c2[nH]c(=O)n(Cc3ccc(C(=O)NCC(=O)CCCCN=[N+]=[N-])cc3)c2n1. The van der Waals surface area contributed by atoms with Crippen LogP contribution in [0.1, 0.15) is 54.9 Å². The third-order valence-electron chi connectivity index (χ3n) is 5.49. The van der Waals surface area contributed by atoms with Crippen LogP contribution in [-0.2, 0) is 11.3 Å². The van der Waals surface area contributed by atoms with Gasteiger partial charge in [-0.25, -0.2) is 4.79 Å². The molecule has 2 heterocycles. The number of hydrogen-bond donors (Lipinski definition) is 4. The number of anilines is 2. The molecule has 0 aliphatic heterocycles. The van der Waals surface area contributed by atoms with Crippen LogP contribution in [0.4, 0.5) is 11.8 Å². The molecule has 0 bridgehead atoms. The van der Waals surface area contributed by atoms with Gasteiger partial charge in [0.05, 0.1) is 13.1 Å². The number of imidazole rings is 1. The second-order valence-electron chi connectivity index (χ2n) is 8.26. The molecular formula is C23H30N10O3. The van der Waals surface area contributed by atoms with Crippen molar-refractivity contribution in [2.75, 3.05) is 30.7 Å². The number of nitrogens with one attached hydrogen (secondary N) is 3. The van der Waals surface area contributed by atoms with Crippen molar-refractivity contribution in [2.45, 2.75) is 45.6 Å². The summed E-state index contributed by atoms with van der Waals surface area (Å²) in [6, 6.07) is 6.75. The lowest BCUT2D eigenvalue weighted by Crippen LogP contribution is -2.29. The molecule has 13 nitrogen and oxygen atoms in total. The van der Waals surface area contributed by atoms with Crippen LogP contribution in [0.5, 0.6) is 0 Å². The summed E-state index contributed by atoms with van der Waals surface area (Å²) in [6.45, 7) is 3.28. The number of hydrogen-bond acceptors (Lipinski definition) is 8. The summed E-state index contributed by atoms with van der Waals surface area (Å²) >= 11 is 0. The van der Waals surface area contributed by atoms with Crippen LogP contribution in [0, 0.1) is 0 Å². The Balaban J connectivity index is 1.62. The first-order valence-electron chi connectivity index (χ1n) is 11.8. The van der Waals surface area contributed by atoms with Gasteiger partial charge >= 0.3 is 5.69 Å². The third kappa shape index (κ3) is 7.06. The van der Waals surface area contributed by atoms with Crippen molar-refractivity contribution in [1.82, 2.24) is 24.8 Å². The number of benzene rings is 1. The highest BCUT2D eigenvalue weighted by Gasteiger charge is 2.15. The van der Waals surface area contributed by atoms with E-state index < -0.39 is 0 Å². The van der Waals surface area contributed by atoms with E-state index in [2.05, 4.69) is 42.5 Å². The topological polar surface area (TPSA) is 197 Å². The van der Waals surface area contributed by atoms with E-state index in [9.17, 15) is 14.4 Å². The molecule has 2 aromatic heterocycles. The molecule has 0 radical (unpaired) electrons. The Morgan fingerprint density at radius 2 is 1.97 bits per heavy atom. The Hall–Kier alpha value is -4.38. The van der Waals surface area contributed by atoms with Gasteiger partial charge in [-0.1, -0.05) is 30.6 Å². The number of rotatable bonds is 14. The predicted molar refractivity (Wildman–Crippen MR) is 137 cm³/mol. The fraction of sp³-hybridized carbons (Fsp3) is 0.435. The maximum atomic E-state index is 12.6. The quantitative estimate of drug-likeness (QED) is 0.114. The fourth-order valence-corrected chi connectivity index (χ4v) is 3.52. The van der Waals surface area contributed by atoms with Crippen molar-refractivity contribution < 1.29 is 9.59 Å². The van der Waals surface area contributed by atoms with Crippen LogP contribution in [0.15, 0.2) is 34.2 Å². The number of azide groups is 1. The van der Waals surface area contributed by atoms with Crippen molar-refractivity contribution in [1.29, 1.82) is 0 Å². The summed E-state index contributed by atoms with van der Waals surface area (Å²) in [4.78, 5) is 50.9. The van der Waals surface area contributed by atoms with Gasteiger partial charge in [-0.15, -0.1) is 0 Å². The number of carbonyl (C=O) groups is 2. The lowest BCUT2D eigenvalue weighted by molar-refractivity contribution is -0.118. The van der Waals surface area contributed by atoms with Crippen LogP contribution in [0.2, 0.25) is 0 Å². The maximum Gasteiger partial charge on any atom is 0.328 e. The van der Waals surface area contributed by atoms with Gasteiger partial charge in [0.1, 0.15) is 5.52 Å². The van der Waals surface area contributed by atoms with Gasteiger partial charge in [-0.3, -0.25) is 14.2 Å². The van der Waals surface area contributed by atoms with Gasteiger partial charge in [0.25, 0.3) is 5.91 Å². The standard InChI is InChI=1S/C23H30N10O3/c1-2-3-11-26-22-30-19(24)18-20(31-22)33(23(36)29-18)14-15-7-9-16(10-8-15)21(35)27-13-17(34)6-4-5-12-28-32-25/h7-10H,2-6,11-14H2,1H3,(H,27,35)(H,29,36)(H3,24,26,30,31). The zero-order chi connectivity index (χ0) is 25.9. The molecule has 3 rings (SSSR count). The Labute approximate surface area is 207 Å². The normalized spacial score (nSPS) is 10.7. The molecule has 5 N–H and O–H groups in total. The van der Waals surface area contributed by atoms with E-state index in [-0.39, 0.29) is 36.3 Å². The predicted octanol–water partition coefficient (Wildman–Crippen LogP) is 2.74. The molecule has 0 fully saturated rings. The zero-order valence-corrected chi connectivity index (χ0v) is 20.2. The zero-order valence-electron chi connectivity index (χ0n) is 20.2. The van der Waals surface area contributed by atoms with Crippen LogP contribution < -0.4 is 22.1 Å². The van der Waals surface area contributed by atoms with Gasteiger partial charge < -0.3 is 21.4 Å².